The highest BCUT2D eigenvalue weighted by molar-refractivity contribution is 5.17. The molecule has 1 nitrogen and oxygen atoms in total. The Kier molecular flexibility index (Phi) is 2.91. The third-order valence-electron chi connectivity index (χ3n) is 0.853. The monoisotopic (exact) mass is 134 g/mol. The molecular weight excluding hydrogens is 126 g/mol. The maximum absolute atomic E-state index is 12.2. The summed E-state index contributed by atoms with van der Waals surface area (Å²) >= 11 is 0. The zero-order valence-electron chi connectivity index (χ0n) is 5.37. The number of halogens is 2. The third-order valence-corrected chi connectivity index (χ3v) is 0.853. The van der Waals surface area contributed by atoms with Gasteiger partial charge in [-0.3, -0.25) is 0 Å². The molecule has 0 unspecified atom stereocenters. The zero-order valence-corrected chi connectivity index (χ0v) is 5.37. The Bertz CT molecular complexity index is 149. The lowest BCUT2D eigenvalue weighted by atomic mass is 10.4. The van der Waals surface area contributed by atoms with Crippen LogP contribution >= 0.6 is 0 Å². The van der Waals surface area contributed by atoms with Gasteiger partial charge >= 0.3 is 0 Å². The van der Waals surface area contributed by atoms with E-state index in [1.807, 2.05) is 0 Å². The summed E-state index contributed by atoms with van der Waals surface area (Å²) in [5.41, 5.74) is 0. The Morgan fingerprint density at radius 3 is 2.00 bits per heavy atom. The van der Waals surface area contributed by atoms with Gasteiger partial charge < -0.3 is 4.74 Å². The van der Waals surface area contributed by atoms with Crippen molar-refractivity contribution in [2.45, 2.75) is 6.92 Å². The first-order chi connectivity index (χ1) is 4.09. The van der Waals surface area contributed by atoms with Crippen LogP contribution in [0.3, 0.4) is 0 Å². The van der Waals surface area contributed by atoms with E-state index in [-0.39, 0.29) is 5.76 Å². The molecule has 0 saturated carbocycles. The van der Waals surface area contributed by atoms with Crippen LogP contribution in [-0.4, -0.2) is 7.11 Å². The summed E-state index contributed by atoms with van der Waals surface area (Å²) < 4.78 is 28.4. The minimum Gasteiger partial charge on any atom is -0.498 e. The maximum atomic E-state index is 12.2. The maximum Gasteiger partial charge on any atom is 0.195 e. The molecule has 0 aromatic heterocycles. The smallest absolute Gasteiger partial charge is 0.195 e. The van der Waals surface area contributed by atoms with Crippen molar-refractivity contribution < 1.29 is 13.5 Å². The highest BCUT2D eigenvalue weighted by Crippen LogP contribution is 2.15. The van der Waals surface area contributed by atoms with Crippen LogP contribution < -0.4 is 0 Å². The van der Waals surface area contributed by atoms with E-state index >= 15 is 0 Å². The molecule has 0 N–H and O–H groups in total. The lowest BCUT2D eigenvalue weighted by molar-refractivity contribution is 0.275. The van der Waals surface area contributed by atoms with Gasteiger partial charge in [0.05, 0.1) is 7.11 Å². The van der Waals surface area contributed by atoms with Crippen molar-refractivity contribution in [3.05, 3.63) is 24.0 Å². The second-order valence-corrected chi connectivity index (χ2v) is 1.48. The van der Waals surface area contributed by atoms with Gasteiger partial charge in [-0.1, -0.05) is 6.58 Å². The Morgan fingerprint density at radius 1 is 1.44 bits per heavy atom. The number of methoxy groups -OCH3 is 1. The predicted octanol–water partition coefficient (Wildman–Crippen LogP) is 2.32. The number of ether oxygens (including phenoxy) is 1. The van der Waals surface area contributed by atoms with Crippen LogP contribution in [0.4, 0.5) is 8.78 Å². The number of hydrogen-bond acceptors (Lipinski definition) is 1. The second kappa shape index (κ2) is 3.22. The van der Waals surface area contributed by atoms with Crippen molar-refractivity contribution >= 4 is 0 Å². The van der Waals surface area contributed by atoms with Crippen molar-refractivity contribution in [3.8, 4) is 0 Å². The molecule has 0 aliphatic heterocycles. The van der Waals surface area contributed by atoms with Crippen LogP contribution in [-0.2, 0) is 4.74 Å². The normalized spacial score (nSPS) is 12.4. The van der Waals surface area contributed by atoms with E-state index in [1.165, 1.54) is 14.0 Å². The lowest BCUT2D eigenvalue weighted by Gasteiger charge is -1.98. The van der Waals surface area contributed by atoms with Crippen molar-refractivity contribution in [1.82, 2.24) is 0 Å². The molecule has 0 aliphatic carbocycles. The highest BCUT2D eigenvalue weighted by Gasteiger charge is 2.04. The van der Waals surface area contributed by atoms with Crippen molar-refractivity contribution in [3.63, 3.8) is 0 Å². The van der Waals surface area contributed by atoms with E-state index in [0.717, 1.165) is 0 Å². The van der Waals surface area contributed by atoms with E-state index in [2.05, 4.69) is 11.3 Å². The Morgan fingerprint density at radius 2 is 1.89 bits per heavy atom. The molecule has 3 heteroatoms. The summed E-state index contributed by atoms with van der Waals surface area (Å²) in [6.45, 7) is 4.06. The molecule has 0 heterocycles. The number of rotatable bonds is 2. The Labute approximate surface area is 52.6 Å². The molecule has 0 atom stereocenters. The van der Waals surface area contributed by atoms with Gasteiger partial charge in [0, 0.05) is 0 Å². The molecule has 0 rings (SSSR count). The molecule has 0 radical (unpaired) electrons. The van der Waals surface area contributed by atoms with Crippen molar-refractivity contribution in [2.75, 3.05) is 7.11 Å². The largest absolute Gasteiger partial charge is 0.498 e. The fourth-order valence-corrected chi connectivity index (χ4v) is 0.281. The summed E-state index contributed by atoms with van der Waals surface area (Å²) in [6.07, 6.45) is 0. The average molecular weight is 134 g/mol. The summed E-state index contributed by atoms with van der Waals surface area (Å²) in [5, 5.41) is 0. The fourth-order valence-electron chi connectivity index (χ4n) is 0.281. The SMILES string of the molecule is C=C(F)/C(F)=C(\C)OC. The molecular formula is C6H8F2O. The lowest BCUT2D eigenvalue weighted by Crippen LogP contribution is -1.84. The molecule has 0 bridgehead atoms. The quantitative estimate of drug-likeness (QED) is 0.416. The Balaban J connectivity index is 4.28. The van der Waals surface area contributed by atoms with Crippen LogP contribution in [0.5, 0.6) is 0 Å². The summed E-state index contributed by atoms with van der Waals surface area (Å²) in [5.74, 6) is -2.23. The van der Waals surface area contributed by atoms with E-state index in [9.17, 15) is 8.78 Å². The molecule has 0 aliphatic rings. The number of hydrogen-bond donors (Lipinski definition) is 0. The van der Waals surface area contributed by atoms with Gasteiger partial charge in [0.15, 0.2) is 11.7 Å². The molecule has 0 saturated heterocycles. The van der Waals surface area contributed by atoms with Gasteiger partial charge in [-0.05, 0) is 6.92 Å². The van der Waals surface area contributed by atoms with Crippen LogP contribution in [0.15, 0.2) is 24.0 Å². The highest BCUT2D eigenvalue weighted by atomic mass is 19.2. The van der Waals surface area contributed by atoms with Gasteiger partial charge in [-0.2, -0.15) is 0 Å². The first-order valence-corrected chi connectivity index (χ1v) is 2.34. The van der Waals surface area contributed by atoms with Gasteiger partial charge in [0.2, 0.25) is 0 Å². The van der Waals surface area contributed by atoms with Crippen molar-refractivity contribution in [1.29, 1.82) is 0 Å². The fraction of sp³-hybridized carbons (Fsp3) is 0.333. The Hall–Kier alpha value is -0.860. The minimum atomic E-state index is -1.10. The topological polar surface area (TPSA) is 9.23 Å². The molecule has 0 fully saturated rings. The first-order valence-electron chi connectivity index (χ1n) is 2.34. The minimum absolute atomic E-state index is 0.0949. The molecule has 52 valence electrons. The summed E-state index contributed by atoms with van der Waals surface area (Å²) in [4.78, 5) is 0. The van der Waals surface area contributed by atoms with Crippen LogP contribution in [0.25, 0.3) is 0 Å². The van der Waals surface area contributed by atoms with Gasteiger partial charge in [0.25, 0.3) is 0 Å². The van der Waals surface area contributed by atoms with E-state index in [4.69, 9.17) is 0 Å². The van der Waals surface area contributed by atoms with Gasteiger partial charge in [-0.25, -0.2) is 8.78 Å². The van der Waals surface area contributed by atoms with Crippen molar-refractivity contribution in [2.24, 2.45) is 0 Å². The zero-order chi connectivity index (χ0) is 7.44. The van der Waals surface area contributed by atoms with E-state index in [1.54, 1.807) is 0 Å². The third kappa shape index (κ3) is 2.26. The number of allylic oxidation sites excluding steroid dienone is 3. The summed E-state index contributed by atoms with van der Waals surface area (Å²) in [6, 6.07) is 0. The van der Waals surface area contributed by atoms with Crippen LogP contribution in [0, 0.1) is 0 Å². The van der Waals surface area contributed by atoms with Gasteiger partial charge in [-0.15, -0.1) is 0 Å². The van der Waals surface area contributed by atoms with Gasteiger partial charge in [0.1, 0.15) is 5.76 Å². The second-order valence-electron chi connectivity index (χ2n) is 1.48. The molecule has 9 heavy (non-hydrogen) atoms. The van der Waals surface area contributed by atoms with Crippen LogP contribution in [0.1, 0.15) is 6.92 Å². The first kappa shape index (κ1) is 8.14. The predicted molar refractivity (Wildman–Crippen MR) is 31.1 cm³/mol. The summed E-state index contributed by atoms with van der Waals surface area (Å²) in [7, 11) is 1.26. The van der Waals surface area contributed by atoms with Crippen LogP contribution in [0.2, 0.25) is 0 Å². The molecule has 0 aromatic carbocycles. The average Bonchev–Trinajstić information content (AvgIpc) is 1.84. The molecule has 0 amide bonds. The van der Waals surface area contributed by atoms with E-state index in [0.29, 0.717) is 0 Å². The standard InChI is InChI=1S/C6H8F2O/c1-4(7)6(8)5(2)9-3/h1H2,2-3H3/b6-5-. The molecule has 0 spiro atoms. The molecule has 0 aromatic rings. The van der Waals surface area contributed by atoms with E-state index < -0.39 is 11.7 Å².